The minimum Gasteiger partial charge on any atom is -0.595 e. The van der Waals surface area contributed by atoms with Crippen LogP contribution in [0.4, 0.5) is 5.69 Å². The summed E-state index contributed by atoms with van der Waals surface area (Å²) < 4.78 is 11.7. The van der Waals surface area contributed by atoms with E-state index in [1.54, 1.807) is 61.5 Å². The van der Waals surface area contributed by atoms with E-state index in [1.807, 2.05) is 0 Å². The summed E-state index contributed by atoms with van der Waals surface area (Å²) in [5, 5.41) is 20.0. The zero-order valence-electron chi connectivity index (χ0n) is 16.0. The fourth-order valence-electron chi connectivity index (χ4n) is 3.24. The molecule has 0 aliphatic heterocycles. The largest absolute Gasteiger partial charge is 0.595 e. The maximum atomic E-state index is 13.0. The molecule has 0 amide bonds. The first-order valence-corrected chi connectivity index (χ1v) is 9.58. The molecule has 0 bridgehead atoms. The molecule has 0 radical (unpaired) electrons. The predicted octanol–water partition coefficient (Wildman–Crippen LogP) is 4.40. The molecular weight excluding hydrogens is 406 g/mol. The van der Waals surface area contributed by atoms with Crippen molar-refractivity contribution in [1.29, 1.82) is 0 Å². The summed E-state index contributed by atoms with van der Waals surface area (Å²) in [6, 6.07) is 18.6. The van der Waals surface area contributed by atoms with Crippen molar-refractivity contribution in [2.24, 2.45) is 0 Å². The van der Waals surface area contributed by atoms with Gasteiger partial charge < -0.3 is 14.4 Å². The van der Waals surface area contributed by atoms with Gasteiger partial charge in [-0.05, 0) is 54.4 Å². The average molecular weight is 424 g/mol. The van der Waals surface area contributed by atoms with Gasteiger partial charge in [-0.3, -0.25) is 4.79 Å². The molecule has 152 valence electrons. The van der Waals surface area contributed by atoms with Crippen molar-refractivity contribution >= 4 is 28.3 Å². The Kier molecular flexibility index (Phi) is 5.57. The van der Waals surface area contributed by atoms with Gasteiger partial charge in [0.15, 0.2) is 5.69 Å². The van der Waals surface area contributed by atoms with Crippen LogP contribution in [0.15, 0.2) is 75.9 Å². The highest BCUT2D eigenvalue weighted by Gasteiger charge is 2.14. The van der Waals surface area contributed by atoms with Crippen LogP contribution in [0.3, 0.4) is 0 Å². The van der Waals surface area contributed by atoms with Gasteiger partial charge in [-0.25, -0.2) is 5.21 Å². The van der Waals surface area contributed by atoms with Gasteiger partial charge in [-0.1, -0.05) is 23.7 Å². The third-order valence-corrected chi connectivity index (χ3v) is 5.03. The Labute approximate surface area is 177 Å². The van der Waals surface area contributed by atoms with Crippen LogP contribution in [0.5, 0.6) is 5.75 Å². The number of nitrogens with one attached hydrogen (secondary N) is 1. The predicted molar refractivity (Wildman–Crippen MR) is 114 cm³/mol. The lowest BCUT2D eigenvalue weighted by molar-refractivity contribution is -0.991. The zero-order valence-corrected chi connectivity index (χ0v) is 16.8. The minimum absolute atomic E-state index is 0.119. The third kappa shape index (κ3) is 4.08. The first-order valence-electron chi connectivity index (χ1n) is 9.21. The second-order valence-corrected chi connectivity index (χ2v) is 7.25. The third-order valence-electron chi connectivity index (χ3n) is 4.78. The number of ether oxygens (including phenoxy) is 1. The zero-order chi connectivity index (χ0) is 21.3. The van der Waals surface area contributed by atoms with E-state index in [4.69, 9.17) is 26.0 Å². The first kappa shape index (κ1) is 20.1. The highest BCUT2D eigenvalue weighted by Crippen LogP contribution is 2.27. The van der Waals surface area contributed by atoms with Crippen LogP contribution in [0, 0.1) is 12.1 Å². The lowest BCUT2D eigenvalue weighted by Crippen LogP contribution is -2.99. The van der Waals surface area contributed by atoms with Crippen molar-refractivity contribution < 1.29 is 19.6 Å². The van der Waals surface area contributed by atoms with Gasteiger partial charge in [-0.15, -0.1) is 0 Å². The smallest absolute Gasteiger partial charge is 0.200 e. The van der Waals surface area contributed by atoms with Crippen molar-refractivity contribution in [3.05, 3.63) is 98.5 Å². The summed E-state index contributed by atoms with van der Waals surface area (Å²) in [4.78, 5) is 13.0. The molecule has 6 nitrogen and oxygen atoms in total. The Morgan fingerprint density at radius 2 is 1.77 bits per heavy atom. The van der Waals surface area contributed by atoms with E-state index in [0.29, 0.717) is 33.1 Å². The number of hydrogen-bond acceptors (Lipinski definition) is 5. The van der Waals surface area contributed by atoms with Gasteiger partial charge in [0.05, 0.1) is 10.9 Å². The Balaban J connectivity index is 1.61. The Morgan fingerprint density at radius 3 is 2.43 bits per heavy atom. The van der Waals surface area contributed by atoms with Crippen molar-refractivity contribution in [3.63, 3.8) is 0 Å². The molecule has 1 unspecified atom stereocenters. The molecule has 0 saturated heterocycles. The Morgan fingerprint density at radius 1 is 1.07 bits per heavy atom. The summed E-state index contributed by atoms with van der Waals surface area (Å²) in [5.74, 6) is 1.06. The van der Waals surface area contributed by atoms with E-state index < -0.39 is 5.23 Å². The molecule has 0 fully saturated rings. The fourth-order valence-corrected chi connectivity index (χ4v) is 3.36. The van der Waals surface area contributed by atoms with Crippen LogP contribution >= 0.6 is 11.6 Å². The molecule has 3 aromatic carbocycles. The minimum atomic E-state index is -0.972. The van der Waals surface area contributed by atoms with Gasteiger partial charge in [0.2, 0.25) is 5.43 Å². The average Bonchev–Trinajstić information content (AvgIpc) is 2.73. The SMILES string of the molecule is Cc1oc2cc(OCc3ccc([NH+]([O-])O)cc3)ccc2c(=O)c1-c1ccc(Cl)cc1. The van der Waals surface area contributed by atoms with Crippen molar-refractivity contribution in [2.75, 3.05) is 0 Å². The fraction of sp³-hybridized carbons (Fsp3) is 0.0870. The van der Waals surface area contributed by atoms with E-state index in [9.17, 15) is 10.0 Å². The van der Waals surface area contributed by atoms with E-state index in [2.05, 4.69) is 0 Å². The van der Waals surface area contributed by atoms with Crippen LogP contribution in [0.25, 0.3) is 22.1 Å². The summed E-state index contributed by atoms with van der Waals surface area (Å²) in [7, 11) is 0. The lowest BCUT2D eigenvalue weighted by atomic mass is 10.0. The molecule has 1 heterocycles. The van der Waals surface area contributed by atoms with Gasteiger partial charge in [0.1, 0.15) is 23.7 Å². The second-order valence-electron chi connectivity index (χ2n) is 6.82. The maximum Gasteiger partial charge on any atom is 0.200 e. The normalized spacial score (nSPS) is 12.1. The molecule has 4 aromatic rings. The number of rotatable bonds is 5. The number of halogens is 1. The molecule has 7 heteroatoms. The standard InChI is InChI=1S/C23H18ClNO5/c1-14-22(16-4-6-17(24)7-5-16)23(26)20-11-10-19(12-21(20)30-14)29-13-15-2-8-18(9-3-15)25(27)28/h2-12,25,27H,13H2,1H3. The highest BCUT2D eigenvalue weighted by atomic mass is 35.5. The molecule has 0 aliphatic rings. The molecule has 0 saturated carbocycles. The summed E-state index contributed by atoms with van der Waals surface area (Å²) in [6.45, 7) is 2.01. The van der Waals surface area contributed by atoms with Crippen molar-refractivity contribution in [2.45, 2.75) is 13.5 Å². The van der Waals surface area contributed by atoms with E-state index in [-0.39, 0.29) is 17.7 Å². The van der Waals surface area contributed by atoms with Gasteiger partial charge in [0.25, 0.3) is 0 Å². The van der Waals surface area contributed by atoms with Crippen LogP contribution in [-0.2, 0) is 6.61 Å². The van der Waals surface area contributed by atoms with E-state index >= 15 is 0 Å². The number of benzene rings is 3. The van der Waals surface area contributed by atoms with Crippen LogP contribution in [0.2, 0.25) is 5.02 Å². The number of quaternary nitrogens is 1. The molecule has 0 aliphatic carbocycles. The van der Waals surface area contributed by atoms with E-state index in [1.165, 1.54) is 12.1 Å². The Hall–Kier alpha value is -3.16. The van der Waals surface area contributed by atoms with Gasteiger partial charge in [-0.2, -0.15) is 5.23 Å². The van der Waals surface area contributed by atoms with Crippen LogP contribution < -0.4 is 15.4 Å². The molecule has 0 spiro atoms. The quantitative estimate of drug-likeness (QED) is 0.464. The summed E-state index contributed by atoms with van der Waals surface area (Å²) in [6.07, 6.45) is 0. The van der Waals surface area contributed by atoms with Gasteiger partial charge in [0, 0.05) is 23.2 Å². The number of hydrogen-bond donors (Lipinski definition) is 2. The van der Waals surface area contributed by atoms with Crippen molar-refractivity contribution in [3.8, 4) is 16.9 Å². The van der Waals surface area contributed by atoms with Crippen LogP contribution in [-0.4, -0.2) is 5.21 Å². The van der Waals surface area contributed by atoms with Gasteiger partial charge >= 0.3 is 0 Å². The maximum absolute atomic E-state index is 13.0. The topological polar surface area (TPSA) is 87.2 Å². The molecule has 1 atom stereocenters. The molecule has 30 heavy (non-hydrogen) atoms. The lowest BCUT2D eigenvalue weighted by Gasteiger charge is -2.12. The molecule has 4 rings (SSSR count). The van der Waals surface area contributed by atoms with Crippen molar-refractivity contribution in [1.82, 2.24) is 0 Å². The molecular formula is C23H18ClNO5. The summed E-state index contributed by atoms with van der Waals surface area (Å²) >= 11 is 5.95. The Bertz CT molecular complexity index is 1250. The van der Waals surface area contributed by atoms with Crippen LogP contribution in [0.1, 0.15) is 11.3 Å². The highest BCUT2D eigenvalue weighted by molar-refractivity contribution is 6.30. The molecule has 2 N–H and O–H groups in total. The first-order chi connectivity index (χ1) is 14.4. The second kappa shape index (κ2) is 8.30. The summed E-state index contributed by atoms with van der Waals surface area (Å²) in [5.41, 5.74) is 2.62. The number of fused-ring (bicyclic) bond motifs is 1. The monoisotopic (exact) mass is 423 g/mol. The van der Waals surface area contributed by atoms with E-state index in [0.717, 1.165) is 11.1 Å². The molecule has 1 aromatic heterocycles. The number of aryl methyl sites for hydroxylation is 1.